The van der Waals surface area contributed by atoms with Crippen LogP contribution in [-0.4, -0.2) is 47.0 Å². The molecule has 0 aliphatic carbocycles. The summed E-state index contributed by atoms with van der Waals surface area (Å²) in [7, 11) is 0. The lowest BCUT2D eigenvalue weighted by molar-refractivity contribution is -0.0734. The van der Waals surface area contributed by atoms with E-state index in [0.29, 0.717) is 12.1 Å². The minimum Gasteiger partial charge on any atom is -0.378 e. The lowest BCUT2D eigenvalue weighted by Crippen LogP contribution is -2.51. The third-order valence-corrected chi connectivity index (χ3v) is 3.99. The summed E-state index contributed by atoms with van der Waals surface area (Å²) in [5, 5.41) is 4.37. The van der Waals surface area contributed by atoms with Crippen LogP contribution in [0.3, 0.4) is 0 Å². The Morgan fingerprint density at radius 1 is 1.25 bits per heavy atom. The van der Waals surface area contributed by atoms with Crippen LogP contribution in [0.2, 0.25) is 0 Å². The van der Waals surface area contributed by atoms with Crippen LogP contribution >= 0.6 is 15.9 Å². The Morgan fingerprint density at radius 2 is 2.00 bits per heavy atom. The summed E-state index contributed by atoms with van der Waals surface area (Å²) in [6, 6.07) is 1.26. The van der Waals surface area contributed by atoms with E-state index >= 15 is 0 Å². The molecule has 0 unspecified atom stereocenters. The highest BCUT2D eigenvalue weighted by molar-refractivity contribution is 9.10. The smallest absolute Gasteiger partial charge is 0.0645 e. The maximum atomic E-state index is 5.24. The largest absolute Gasteiger partial charge is 0.378 e. The number of piperidine rings is 1. The van der Waals surface area contributed by atoms with E-state index in [9.17, 15) is 0 Å². The number of aromatic nitrogens is 2. The van der Waals surface area contributed by atoms with Crippen molar-refractivity contribution in [2.75, 3.05) is 26.3 Å². The van der Waals surface area contributed by atoms with Gasteiger partial charge in [-0.3, -0.25) is 9.58 Å². The molecular weight excluding hydrogens is 270 g/mol. The highest BCUT2D eigenvalue weighted by Crippen LogP contribution is 2.25. The normalized spacial score (nSPS) is 24.6. The van der Waals surface area contributed by atoms with Crippen LogP contribution in [0.5, 0.6) is 0 Å². The first-order valence-corrected chi connectivity index (χ1v) is 6.63. The van der Waals surface area contributed by atoms with Gasteiger partial charge in [-0.25, -0.2) is 0 Å². The van der Waals surface area contributed by atoms with Gasteiger partial charge in [0.25, 0.3) is 0 Å². The Balaban J connectivity index is 1.57. The van der Waals surface area contributed by atoms with Crippen molar-refractivity contribution in [3.63, 3.8) is 0 Å². The summed E-state index contributed by atoms with van der Waals surface area (Å²) in [6.07, 6.45) is 6.34. The van der Waals surface area contributed by atoms with Crippen molar-refractivity contribution in [3.8, 4) is 0 Å². The Hall–Kier alpha value is -0.390. The predicted octanol–water partition coefficient (Wildman–Crippen LogP) is 1.68. The number of hydrogen-bond donors (Lipinski definition) is 0. The van der Waals surface area contributed by atoms with Gasteiger partial charge in [0.05, 0.1) is 36.0 Å². The molecule has 1 aromatic heterocycles. The van der Waals surface area contributed by atoms with Gasteiger partial charge < -0.3 is 4.74 Å². The summed E-state index contributed by atoms with van der Waals surface area (Å²) < 4.78 is 8.41. The van der Waals surface area contributed by atoms with E-state index in [1.807, 2.05) is 6.20 Å². The van der Waals surface area contributed by atoms with E-state index in [1.54, 1.807) is 0 Å². The standard InChI is InChI=1S/C11H16BrN3O/c12-9-5-13-15(6-9)10-1-3-14(4-2-10)11-7-16-8-11/h5-6,10-11H,1-4,7-8H2. The minimum atomic E-state index is 0.573. The van der Waals surface area contributed by atoms with Crippen molar-refractivity contribution in [2.45, 2.75) is 24.9 Å². The molecule has 88 valence electrons. The highest BCUT2D eigenvalue weighted by Gasteiger charge is 2.30. The van der Waals surface area contributed by atoms with E-state index in [-0.39, 0.29) is 0 Å². The Morgan fingerprint density at radius 3 is 2.50 bits per heavy atom. The molecule has 1 aromatic rings. The van der Waals surface area contributed by atoms with Crippen molar-refractivity contribution >= 4 is 15.9 Å². The zero-order chi connectivity index (χ0) is 11.0. The van der Waals surface area contributed by atoms with E-state index in [4.69, 9.17) is 4.74 Å². The second-order valence-electron chi connectivity index (χ2n) is 4.60. The number of rotatable bonds is 2. The summed E-state index contributed by atoms with van der Waals surface area (Å²) >= 11 is 3.44. The lowest BCUT2D eigenvalue weighted by Gasteiger charge is -2.41. The van der Waals surface area contributed by atoms with Gasteiger partial charge in [-0.05, 0) is 28.8 Å². The second-order valence-corrected chi connectivity index (χ2v) is 5.51. The molecule has 0 aromatic carbocycles. The first-order valence-electron chi connectivity index (χ1n) is 5.84. The van der Waals surface area contributed by atoms with Gasteiger partial charge in [0, 0.05) is 19.3 Å². The molecule has 0 radical (unpaired) electrons. The average molecular weight is 286 g/mol. The summed E-state index contributed by atoms with van der Waals surface area (Å²) in [5.41, 5.74) is 0. The molecule has 0 spiro atoms. The zero-order valence-electron chi connectivity index (χ0n) is 9.18. The SMILES string of the molecule is Brc1cnn(C2CCN(C3COC3)CC2)c1. The molecule has 0 N–H and O–H groups in total. The molecule has 2 aliphatic heterocycles. The third-order valence-electron chi connectivity index (χ3n) is 3.58. The third kappa shape index (κ3) is 2.04. The van der Waals surface area contributed by atoms with Gasteiger partial charge >= 0.3 is 0 Å². The van der Waals surface area contributed by atoms with Gasteiger partial charge in [0.2, 0.25) is 0 Å². The van der Waals surface area contributed by atoms with Crippen LogP contribution < -0.4 is 0 Å². The molecule has 3 rings (SSSR count). The average Bonchev–Trinajstić information content (AvgIpc) is 2.63. The van der Waals surface area contributed by atoms with Gasteiger partial charge in [-0.1, -0.05) is 0 Å². The van der Waals surface area contributed by atoms with E-state index in [1.165, 1.54) is 25.9 Å². The fraction of sp³-hybridized carbons (Fsp3) is 0.727. The van der Waals surface area contributed by atoms with Crippen molar-refractivity contribution in [3.05, 3.63) is 16.9 Å². The number of likely N-dealkylation sites (tertiary alicyclic amines) is 1. The Bertz CT molecular complexity index is 356. The fourth-order valence-corrected chi connectivity index (χ4v) is 2.77. The van der Waals surface area contributed by atoms with E-state index < -0.39 is 0 Å². The van der Waals surface area contributed by atoms with Crippen LogP contribution in [0.4, 0.5) is 0 Å². The van der Waals surface area contributed by atoms with Crippen LogP contribution in [0.15, 0.2) is 16.9 Å². The molecule has 2 aliphatic rings. The number of nitrogens with zero attached hydrogens (tertiary/aromatic N) is 3. The number of hydrogen-bond acceptors (Lipinski definition) is 3. The second kappa shape index (κ2) is 4.47. The number of halogens is 1. The van der Waals surface area contributed by atoms with Gasteiger partial charge in [0.1, 0.15) is 0 Å². The molecule has 0 saturated carbocycles. The summed E-state index contributed by atoms with van der Waals surface area (Å²) in [4.78, 5) is 2.55. The van der Waals surface area contributed by atoms with Crippen molar-refractivity contribution in [1.29, 1.82) is 0 Å². The molecule has 16 heavy (non-hydrogen) atoms. The molecule has 5 heteroatoms. The summed E-state index contributed by atoms with van der Waals surface area (Å²) in [5.74, 6) is 0. The van der Waals surface area contributed by atoms with Crippen LogP contribution in [0.25, 0.3) is 0 Å². The topological polar surface area (TPSA) is 30.3 Å². The van der Waals surface area contributed by atoms with Gasteiger partial charge in [0.15, 0.2) is 0 Å². The fourth-order valence-electron chi connectivity index (χ4n) is 2.46. The lowest BCUT2D eigenvalue weighted by atomic mass is 10.0. The first-order chi connectivity index (χ1) is 7.83. The van der Waals surface area contributed by atoms with Gasteiger partial charge in [-0.15, -0.1) is 0 Å². The van der Waals surface area contributed by atoms with Gasteiger partial charge in [-0.2, -0.15) is 5.10 Å². The minimum absolute atomic E-state index is 0.573. The first kappa shape index (κ1) is 10.7. The molecule has 0 atom stereocenters. The number of ether oxygens (including phenoxy) is 1. The van der Waals surface area contributed by atoms with Crippen molar-refractivity contribution in [1.82, 2.24) is 14.7 Å². The Labute approximate surface area is 104 Å². The zero-order valence-corrected chi connectivity index (χ0v) is 10.8. The quantitative estimate of drug-likeness (QED) is 0.828. The molecule has 0 bridgehead atoms. The van der Waals surface area contributed by atoms with E-state index in [2.05, 4.69) is 36.8 Å². The highest BCUT2D eigenvalue weighted by atomic mass is 79.9. The molecule has 4 nitrogen and oxygen atoms in total. The van der Waals surface area contributed by atoms with E-state index in [0.717, 1.165) is 17.7 Å². The van der Waals surface area contributed by atoms with Crippen molar-refractivity contribution in [2.24, 2.45) is 0 Å². The van der Waals surface area contributed by atoms with Crippen LogP contribution in [0, 0.1) is 0 Å². The molecule has 2 saturated heterocycles. The molecule has 0 amide bonds. The van der Waals surface area contributed by atoms with Crippen LogP contribution in [-0.2, 0) is 4.74 Å². The maximum Gasteiger partial charge on any atom is 0.0645 e. The maximum absolute atomic E-state index is 5.24. The summed E-state index contributed by atoms with van der Waals surface area (Å²) in [6.45, 7) is 4.21. The Kier molecular flexibility index (Phi) is 3.00. The van der Waals surface area contributed by atoms with Crippen LogP contribution in [0.1, 0.15) is 18.9 Å². The molecule has 2 fully saturated rings. The molecular formula is C11H16BrN3O. The van der Waals surface area contributed by atoms with Crippen molar-refractivity contribution < 1.29 is 4.74 Å². The molecule has 3 heterocycles. The predicted molar refractivity (Wildman–Crippen MR) is 64.4 cm³/mol. The monoisotopic (exact) mass is 285 g/mol.